The molecule has 0 radical (unpaired) electrons. The standard InChI is InChI=1S/C16H19N3O/c17-19-15(10-12-4-3-8-18-11-12)16-14-6-2-1-5-13(14)7-9-20-16/h1-6,8,11,15-16,19H,7,9-10,17H2. The highest BCUT2D eigenvalue weighted by molar-refractivity contribution is 5.32. The lowest BCUT2D eigenvalue weighted by atomic mass is 9.91. The van der Waals surface area contributed by atoms with Crippen LogP contribution >= 0.6 is 0 Å². The number of pyridine rings is 1. The van der Waals surface area contributed by atoms with Gasteiger partial charge in [0.25, 0.3) is 0 Å². The van der Waals surface area contributed by atoms with E-state index in [0.717, 1.165) is 25.0 Å². The number of hydrogen-bond donors (Lipinski definition) is 2. The van der Waals surface area contributed by atoms with Crippen molar-refractivity contribution < 1.29 is 4.74 Å². The van der Waals surface area contributed by atoms with Gasteiger partial charge in [0.05, 0.1) is 18.8 Å². The van der Waals surface area contributed by atoms with Crippen molar-refractivity contribution in [3.8, 4) is 0 Å². The van der Waals surface area contributed by atoms with Gasteiger partial charge < -0.3 is 4.74 Å². The van der Waals surface area contributed by atoms with Gasteiger partial charge in [0.15, 0.2) is 0 Å². The average Bonchev–Trinajstić information content (AvgIpc) is 2.53. The molecule has 2 aromatic rings. The summed E-state index contributed by atoms with van der Waals surface area (Å²) in [5.41, 5.74) is 6.66. The van der Waals surface area contributed by atoms with Gasteiger partial charge >= 0.3 is 0 Å². The van der Waals surface area contributed by atoms with Crippen molar-refractivity contribution in [2.24, 2.45) is 5.84 Å². The predicted octanol–water partition coefficient (Wildman–Crippen LogP) is 1.77. The van der Waals surface area contributed by atoms with Gasteiger partial charge in [-0.1, -0.05) is 30.3 Å². The smallest absolute Gasteiger partial charge is 0.0997 e. The van der Waals surface area contributed by atoms with Crippen LogP contribution in [0.15, 0.2) is 48.8 Å². The summed E-state index contributed by atoms with van der Waals surface area (Å²) in [7, 11) is 0. The Morgan fingerprint density at radius 3 is 3.00 bits per heavy atom. The predicted molar refractivity (Wildman–Crippen MR) is 77.9 cm³/mol. The van der Waals surface area contributed by atoms with Crippen LogP contribution in [0.3, 0.4) is 0 Å². The summed E-state index contributed by atoms with van der Waals surface area (Å²) in [5.74, 6) is 5.76. The minimum Gasteiger partial charge on any atom is -0.371 e. The molecule has 0 aliphatic carbocycles. The van der Waals surface area contributed by atoms with Gasteiger partial charge in [-0.15, -0.1) is 0 Å². The number of nitrogens with one attached hydrogen (secondary N) is 1. The Bertz CT molecular complexity index is 559. The van der Waals surface area contributed by atoms with Crippen LogP contribution in [0.5, 0.6) is 0 Å². The first kappa shape index (κ1) is 13.2. The average molecular weight is 269 g/mol. The van der Waals surface area contributed by atoms with E-state index in [2.05, 4.69) is 40.7 Å². The van der Waals surface area contributed by atoms with Gasteiger partial charge in [0.2, 0.25) is 0 Å². The molecule has 3 rings (SSSR count). The largest absolute Gasteiger partial charge is 0.371 e. The summed E-state index contributed by atoms with van der Waals surface area (Å²) >= 11 is 0. The summed E-state index contributed by atoms with van der Waals surface area (Å²) in [6, 6.07) is 12.5. The Morgan fingerprint density at radius 1 is 1.30 bits per heavy atom. The second-order valence-electron chi connectivity index (χ2n) is 5.08. The van der Waals surface area contributed by atoms with Gasteiger partial charge in [-0.3, -0.25) is 16.3 Å². The molecule has 4 heteroatoms. The Hall–Kier alpha value is -1.75. The monoisotopic (exact) mass is 269 g/mol. The van der Waals surface area contributed by atoms with E-state index in [1.54, 1.807) is 6.20 Å². The number of nitrogens with zero attached hydrogens (tertiary/aromatic N) is 1. The van der Waals surface area contributed by atoms with E-state index in [0.29, 0.717) is 0 Å². The van der Waals surface area contributed by atoms with Crippen molar-refractivity contribution in [1.29, 1.82) is 0 Å². The molecule has 0 amide bonds. The fourth-order valence-electron chi connectivity index (χ4n) is 2.78. The zero-order chi connectivity index (χ0) is 13.8. The zero-order valence-corrected chi connectivity index (χ0v) is 11.3. The summed E-state index contributed by atoms with van der Waals surface area (Å²) in [6.45, 7) is 0.743. The van der Waals surface area contributed by atoms with Crippen LogP contribution < -0.4 is 11.3 Å². The van der Waals surface area contributed by atoms with Crippen molar-refractivity contribution in [2.45, 2.75) is 25.0 Å². The third-order valence-electron chi connectivity index (χ3n) is 3.79. The maximum atomic E-state index is 5.97. The summed E-state index contributed by atoms with van der Waals surface area (Å²) < 4.78 is 5.97. The minimum absolute atomic E-state index is 0.00911. The van der Waals surface area contributed by atoms with Gasteiger partial charge in [0, 0.05) is 12.4 Å². The van der Waals surface area contributed by atoms with E-state index in [4.69, 9.17) is 10.6 Å². The molecule has 0 fully saturated rings. The number of hydrazine groups is 1. The van der Waals surface area contributed by atoms with E-state index in [1.807, 2.05) is 12.3 Å². The highest BCUT2D eigenvalue weighted by atomic mass is 16.5. The van der Waals surface area contributed by atoms with Crippen molar-refractivity contribution >= 4 is 0 Å². The molecule has 20 heavy (non-hydrogen) atoms. The van der Waals surface area contributed by atoms with Crippen molar-refractivity contribution in [1.82, 2.24) is 10.4 Å². The van der Waals surface area contributed by atoms with Gasteiger partial charge in [-0.2, -0.15) is 0 Å². The Morgan fingerprint density at radius 2 is 2.20 bits per heavy atom. The van der Waals surface area contributed by atoms with Crippen LogP contribution in [-0.2, 0) is 17.6 Å². The number of benzene rings is 1. The first-order valence-electron chi connectivity index (χ1n) is 6.93. The molecule has 1 aliphatic rings. The maximum Gasteiger partial charge on any atom is 0.0997 e. The molecule has 1 aliphatic heterocycles. The van der Waals surface area contributed by atoms with E-state index in [9.17, 15) is 0 Å². The number of nitrogens with two attached hydrogens (primary N) is 1. The third-order valence-corrected chi connectivity index (χ3v) is 3.79. The fourth-order valence-corrected chi connectivity index (χ4v) is 2.78. The maximum absolute atomic E-state index is 5.97. The molecule has 1 aromatic carbocycles. The highest BCUT2D eigenvalue weighted by Crippen LogP contribution is 2.30. The lowest BCUT2D eigenvalue weighted by Gasteiger charge is -2.32. The first-order chi connectivity index (χ1) is 9.88. The molecule has 0 bridgehead atoms. The summed E-state index contributed by atoms with van der Waals surface area (Å²) in [6.07, 6.45) is 5.41. The molecule has 0 spiro atoms. The van der Waals surface area contributed by atoms with Crippen molar-refractivity contribution in [3.63, 3.8) is 0 Å². The van der Waals surface area contributed by atoms with Gasteiger partial charge in [-0.25, -0.2) is 0 Å². The molecule has 2 atom stereocenters. The molecular formula is C16H19N3O. The summed E-state index contributed by atoms with van der Waals surface area (Å²) in [4.78, 5) is 4.15. The molecule has 1 aromatic heterocycles. The van der Waals surface area contributed by atoms with Crippen LogP contribution in [0, 0.1) is 0 Å². The van der Waals surface area contributed by atoms with Gasteiger partial charge in [0.1, 0.15) is 0 Å². The van der Waals surface area contributed by atoms with E-state index in [1.165, 1.54) is 11.1 Å². The second-order valence-corrected chi connectivity index (χ2v) is 5.08. The number of hydrogen-bond acceptors (Lipinski definition) is 4. The second kappa shape index (κ2) is 6.13. The van der Waals surface area contributed by atoms with Crippen LogP contribution in [0.4, 0.5) is 0 Å². The van der Waals surface area contributed by atoms with Crippen LogP contribution in [-0.4, -0.2) is 17.6 Å². The molecule has 0 saturated carbocycles. The SMILES string of the molecule is NNC(Cc1cccnc1)C1OCCc2ccccc21. The number of rotatable bonds is 4. The van der Waals surface area contributed by atoms with Crippen LogP contribution in [0.25, 0.3) is 0 Å². The van der Waals surface area contributed by atoms with E-state index in [-0.39, 0.29) is 12.1 Å². The van der Waals surface area contributed by atoms with E-state index >= 15 is 0 Å². The molecule has 2 unspecified atom stereocenters. The Balaban J connectivity index is 1.84. The topological polar surface area (TPSA) is 60.2 Å². The summed E-state index contributed by atoms with van der Waals surface area (Å²) in [5, 5.41) is 0. The molecule has 2 heterocycles. The zero-order valence-electron chi connectivity index (χ0n) is 11.3. The number of ether oxygens (including phenoxy) is 1. The third kappa shape index (κ3) is 2.72. The fraction of sp³-hybridized carbons (Fsp3) is 0.312. The first-order valence-corrected chi connectivity index (χ1v) is 6.93. The van der Waals surface area contributed by atoms with Crippen LogP contribution in [0.2, 0.25) is 0 Å². The molecule has 0 saturated heterocycles. The number of aromatic nitrogens is 1. The molecule has 4 nitrogen and oxygen atoms in total. The quantitative estimate of drug-likeness (QED) is 0.656. The number of fused-ring (bicyclic) bond motifs is 1. The normalized spacial score (nSPS) is 19.4. The molecule has 104 valence electrons. The Labute approximate surface area is 119 Å². The highest BCUT2D eigenvalue weighted by Gasteiger charge is 2.28. The van der Waals surface area contributed by atoms with Crippen LogP contribution in [0.1, 0.15) is 22.8 Å². The Kier molecular flexibility index (Phi) is 4.06. The minimum atomic E-state index is -0.00911. The lowest BCUT2D eigenvalue weighted by molar-refractivity contribution is 0.0154. The molecule has 3 N–H and O–H groups in total. The van der Waals surface area contributed by atoms with E-state index < -0.39 is 0 Å². The van der Waals surface area contributed by atoms with Gasteiger partial charge in [-0.05, 0) is 35.6 Å². The molecular weight excluding hydrogens is 250 g/mol. The lowest BCUT2D eigenvalue weighted by Crippen LogP contribution is -2.43. The van der Waals surface area contributed by atoms with Crippen molar-refractivity contribution in [3.05, 3.63) is 65.5 Å². The van der Waals surface area contributed by atoms with Crippen molar-refractivity contribution in [2.75, 3.05) is 6.61 Å².